The summed E-state index contributed by atoms with van der Waals surface area (Å²) < 4.78 is 20.0. The highest BCUT2D eigenvalue weighted by atomic mass is 19.1. The molecule has 0 N–H and O–H groups in total. The van der Waals surface area contributed by atoms with E-state index in [1.807, 2.05) is 12.3 Å². The molecule has 1 fully saturated rings. The summed E-state index contributed by atoms with van der Waals surface area (Å²) in [6, 6.07) is 6.76. The first-order valence-corrected chi connectivity index (χ1v) is 10.0. The van der Waals surface area contributed by atoms with Crippen molar-refractivity contribution in [3.05, 3.63) is 59.9 Å². The number of nitrogens with zero attached hydrogens (tertiary/aromatic N) is 5. The second kappa shape index (κ2) is 7.39. The van der Waals surface area contributed by atoms with Gasteiger partial charge in [0.2, 0.25) is 0 Å². The Morgan fingerprint density at radius 1 is 1.10 bits per heavy atom. The minimum absolute atomic E-state index is 0.0302. The third-order valence-corrected chi connectivity index (χ3v) is 5.54. The SMILES string of the molecule is CC1c2cnc(-c3ncccn3)nc2CCN1c1cc(F)cc(OCC2CC2)c1. The zero-order chi connectivity index (χ0) is 19.8. The van der Waals surface area contributed by atoms with E-state index in [2.05, 4.69) is 26.8 Å². The van der Waals surface area contributed by atoms with Gasteiger partial charge in [0.05, 0.1) is 18.3 Å². The highest BCUT2D eigenvalue weighted by Crippen LogP contribution is 2.36. The van der Waals surface area contributed by atoms with Crippen LogP contribution in [0.2, 0.25) is 0 Å². The Hall–Kier alpha value is -3.09. The molecule has 1 unspecified atom stereocenters. The molecule has 148 valence electrons. The molecule has 0 spiro atoms. The number of hydrogen-bond acceptors (Lipinski definition) is 6. The predicted octanol–water partition coefficient (Wildman–Crippen LogP) is 3.99. The smallest absolute Gasteiger partial charge is 0.197 e. The van der Waals surface area contributed by atoms with Crippen LogP contribution in [0.25, 0.3) is 11.6 Å². The fourth-order valence-corrected chi connectivity index (χ4v) is 3.73. The van der Waals surface area contributed by atoms with Gasteiger partial charge in [-0.05, 0) is 37.8 Å². The molecular weight excluding hydrogens is 369 g/mol. The number of halogens is 1. The first-order valence-electron chi connectivity index (χ1n) is 10.0. The molecule has 1 aliphatic heterocycles. The van der Waals surface area contributed by atoms with Gasteiger partial charge >= 0.3 is 0 Å². The number of benzene rings is 1. The summed E-state index contributed by atoms with van der Waals surface area (Å²) in [5, 5.41) is 0. The number of rotatable bonds is 5. The molecule has 1 aliphatic carbocycles. The lowest BCUT2D eigenvalue weighted by molar-refractivity contribution is 0.298. The molecule has 1 aromatic carbocycles. The van der Waals surface area contributed by atoms with E-state index in [1.54, 1.807) is 24.5 Å². The Kier molecular flexibility index (Phi) is 4.58. The Balaban J connectivity index is 1.40. The average molecular weight is 391 g/mol. The van der Waals surface area contributed by atoms with Gasteiger partial charge in [-0.15, -0.1) is 0 Å². The van der Waals surface area contributed by atoms with E-state index in [9.17, 15) is 4.39 Å². The quantitative estimate of drug-likeness (QED) is 0.655. The molecule has 1 saturated carbocycles. The zero-order valence-corrected chi connectivity index (χ0v) is 16.3. The van der Waals surface area contributed by atoms with Crippen LogP contribution in [-0.2, 0) is 6.42 Å². The van der Waals surface area contributed by atoms with E-state index in [4.69, 9.17) is 9.72 Å². The molecule has 0 amide bonds. The second-order valence-electron chi connectivity index (χ2n) is 7.69. The van der Waals surface area contributed by atoms with Gasteiger partial charge in [-0.2, -0.15) is 0 Å². The van der Waals surface area contributed by atoms with Crippen LogP contribution in [0.5, 0.6) is 5.75 Å². The van der Waals surface area contributed by atoms with Crippen LogP contribution in [0.4, 0.5) is 10.1 Å². The minimum Gasteiger partial charge on any atom is -0.493 e. The van der Waals surface area contributed by atoms with Gasteiger partial charge in [-0.3, -0.25) is 0 Å². The van der Waals surface area contributed by atoms with Crippen LogP contribution in [0, 0.1) is 11.7 Å². The molecule has 6 nitrogen and oxygen atoms in total. The zero-order valence-electron chi connectivity index (χ0n) is 16.3. The van der Waals surface area contributed by atoms with Gasteiger partial charge < -0.3 is 9.64 Å². The number of fused-ring (bicyclic) bond motifs is 1. The van der Waals surface area contributed by atoms with Crippen LogP contribution in [-0.4, -0.2) is 33.1 Å². The van der Waals surface area contributed by atoms with E-state index >= 15 is 0 Å². The first kappa shape index (κ1) is 18.0. The fourth-order valence-electron chi connectivity index (χ4n) is 3.73. The largest absolute Gasteiger partial charge is 0.493 e. The number of aromatic nitrogens is 4. The summed E-state index contributed by atoms with van der Waals surface area (Å²) in [7, 11) is 0. The van der Waals surface area contributed by atoms with Crippen molar-refractivity contribution in [1.29, 1.82) is 0 Å². The molecule has 3 aromatic rings. The van der Waals surface area contributed by atoms with Crippen molar-refractivity contribution in [1.82, 2.24) is 19.9 Å². The summed E-state index contributed by atoms with van der Waals surface area (Å²) in [5.41, 5.74) is 2.86. The van der Waals surface area contributed by atoms with Gasteiger partial charge in [0, 0.05) is 54.9 Å². The Morgan fingerprint density at radius 2 is 1.93 bits per heavy atom. The van der Waals surface area contributed by atoms with Crippen LogP contribution >= 0.6 is 0 Å². The third kappa shape index (κ3) is 3.77. The van der Waals surface area contributed by atoms with Crippen LogP contribution in [0.1, 0.15) is 37.1 Å². The monoisotopic (exact) mass is 391 g/mol. The standard InChI is InChI=1S/C22H22FN5O/c1-14-19-12-26-22(21-24-6-2-7-25-21)27-20(19)5-8-28(14)17-9-16(23)10-18(11-17)29-13-15-3-4-15/h2,6-7,9-12,14-15H,3-5,8,13H2,1H3. The molecule has 1 atom stereocenters. The predicted molar refractivity (Wildman–Crippen MR) is 107 cm³/mol. The lowest BCUT2D eigenvalue weighted by atomic mass is 9.98. The summed E-state index contributed by atoms with van der Waals surface area (Å²) in [6.07, 6.45) is 8.37. The Morgan fingerprint density at radius 3 is 2.72 bits per heavy atom. The molecule has 0 saturated heterocycles. The lowest BCUT2D eigenvalue weighted by Crippen LogP contribution is -2.34. The van der Waals surface area contributed by atoms with Crippen LogP contribution in [0.15, 0.2) is 42.9 Å². The van der Waals surface area contributed by atoms with Crippen molar-refractivity contribution in [3.8, 4) is 17.4 Å². The summed E-state index contributed by atoms with van der Waals surface area (Å²) in [4.78, 5) is 19.8. The maximum absolute atomic E-state index is 14.2. The van der Waals surface area contributed by atoms with Gasteiger partial charge in [0.1, 0.15) is 11.6 Å². The van der Waals surface area contributed by atoms with Crippen molar-refractivity contribution < 1.29 is 9.13 Å². The van der Waals surface area contributed by atoms with Crippen LogP contribution < -0.4 is 9.64 Å². The lowest BCUT2D eigenvalue weighted by Gasteiger charge is -2.36. The minimum atomic E-state index is -0.279. The topological polar surface area (TPSA) is 64.0 Å². The number of hydrogen-bond donors (Lipinski definition) is 0. The normalized spacial score (nSPS) is 18.4. The fraction of sp³-hybridized carbons (Fsp3) is 0.364. The van der Waals surface area contributed by atoms with Gasteiger partial charge in [0.25, 0.3) is 0 Å². The molecule has 0 bridgehead atoms. The highest BCUT2D eigenvalue weighted by Gasteiger charge is 2.27. The Labute approximate surface area is 168 Å². The van der Waals surface area contributed by atoms with Crippen molar-refractivity contribution in [2.75, 3.05) is 18.1 Å². The molecule has 2 aliphatic rings. The highest BCUT2D eigenvalue weighted by molar-refractivity contribution is 5.55. The van der Waals surface area contributed by atoms with Crippen molar-refractivity contribution in [2.45, 2.75) is 32.2 Å². The molecule has 2 aromatic heterocycles. The molecule has 3 heterocycles. The van der Waals surface area contributed by atoms with E-state index in [1.165, 1.54) is 18.9 Å². The molecule has 29 heavy (non-hydrogen) atoms. The molecular formula is C22H22FN5O. The van der Waals surface area contributed by atoms with Gasteiger partial charge in [0.15, 0.2) is 11.6 Å². The van der Waals surface area contributed by atoms with E-state index in [0.29, 0.717) is 29.9 Å². The average Bonchev–Trinajstić information content (AvgIpc) is 3.57. The van der Waals surface area contributed by atoms with Crippen molar-refractivity contribution in [3.63, 3.8) is 0 Å². The van der Waals surface area contributed by atoms with Gasteiger partial charge in [-0.25, -0.2) is 24.3 Å². The molecule has 0 radical (unpaired) electrons. The molecule has 5 rings (SSSR count). The first-order chi connectivity index (χ1) is 14.2. The van der Waals surface area contributed by atoms with Gasteiger partial charge in [-0.1, -0.05) is 0 Å². The van der Waals surface area contributed by atoms with E-state index in [0.717, 1.165) is 29.9 Å². The summed E-state index contributed by atoms with van der Waals surface area (Å²) >= 11 is 0. The third-order valence-electron chi connectivity index (χ3n) is 5.54. The van der Waals surface area contributed by atoms with E-state index in [-0.39, 0.29) is 11.9 Å². The Bertz CT molecular complexity index is 1020. The van der Waals surface area contributed by atoms with Crippen molar-refractivity contribution >= 4 is 5.69 Å². The summed E-state index contributed by atoms with van der Waals surface area (Å²) in [5.74, 6) is 2.00. The maximum Gasteiger partial charge on any atom is 0.197 e. The molecule has 7 heteroatoms. The van der Waals surface area contributed by atoms with Crippen LogP contribution in [0.3, 0.4) is 0 Å². The summed E-state index contributed by atoms with van der Waals surface area (Å²) in [6.45, 7) is 3.50. The second-order valence-corrected chi connectivity index (χ2v) is 7.69. The van der Waals surface area contributed by atoms with Crippen molar-refractivity contribution in [2.24, 2.45) is 5.92 Å². The number of ether oxygens (including phenoxy) is 1. The maximum atomic E-state index is 14.2. The number of anilines is 1. The van der Waals surface area contributed by atoms with E-state index < -0.39 is 0 Å².